The minimum absolute atomic E-state index is 0.213. The summed E-state index contributed by atoms with van der Waals surface area (Å²) in [6.45, 7) is 6.80. The van der Waals surface area contributed by atoms with Crippen LogP contribution in [-0.4, -0.2) is 21.6 Å². The van der Waals surface area contributed by atoms with Crippen molar-refractivity contribution in [3.05, 3.63) is 0 Å². The average molecular weight is 379 g/mol. The molecule has 1 saturated heterocycles. The highest BCUT2D eigenvalue weighted by Gasteiger charge is 2.70. The SMILES string of the molecule is CC(=O)[C@H]1CC[C@H]2[C@@H]3CCC45CC(=O)CC(SS4)[C@]5(C)[C@H]3CC[C@]12C. The number of hydrogen-bond donors (Lipinski definition) is 0. The predicted molar refractivity (Wildman–Crippen MR) is 104 cm³/mol. The zero-order valence-corrected chi connectivity index (χ0v) is 17.3. The summed E-state index contributed by atoms with van der Waals surface area (Å²) in [7, 11) is 4.11. The molecule has 0 N–H and O–H groups in total. The molecule has 0 radical (unpaired) electrons. The number of ketones is 2. The molecule has 4 saturated carbocycles. The van der Waals surface area contributed by atoms with E-state index in [-0.39, 0.29) is 10.2 Å². The van der Waals surface area contributed by atoms with Gasteiger partial charge in [0.2, 0.25) is 0 Å². The van der Waals surface area contributed by atoms with Gasteiger partial charge in [-0.05, 0) is 74.0 Å². The Morgan fingerprint density at radius 1 is 1.08 bits per heavy atom. The summed E-state index contributed by atoms with van der Waals surface area (Å²) in [4.78, 5) is 24.6. The highest BCUT2D eigenvalue weighted by molar-refractivity contribution is 8.78. The topological polar surface area (TPSA) is 34.1 Å². The van der Waals surface area contributed by atoms with Crippen molar-refractivity contribution in [2.24, 2.45) is 34.5 Å². The van der Waals surface area contributed by atoms with Gasteiger partial charge in [-0.2, -0.15) is 0 Å². The maximum Gasteiger partial charge on any atom is 0.135 e. The standard InChI is InChI=1S/C21H30O2S2/c1-12(22)15-4-5-16-14-6-9-21-11-13(23)10-18(24-25-21)20(21,3)17(14)7-8-19(15,16)2/h14-18H,4-11H2,1-3H3/t14-,15+,16-,17-,18?,19+,20-,21?/m0/s1. The van der Waals surface area contributed by atoms with Crippen molar-refractivity contribution in [2.75, 3.05) is 0 Å². The molecule has 2 nitrogen and oxygen atoms in total. The average Bonchev–Trinajstić information content (AvgIpc) is 2.96. The second kappa shape index (κ2) is 5.31. The van der Waals surface area contributed by atoms with Gasteiger partial charge in [0, 0.05) is 28.8 Å². The number of hydrogen-bond acceptors (Lipinski definition) is 4. The van der Waals surface area contributed by atoms with Crippen LogP contribution in [0, 0.1) is 34.5 Å². The van der Waals surface area contributed by atoms with Crippen LogP contribution in [0.4, 0.5) is 0 Å². The van der Waals surface area contributed by atoms with Crippen molar-refractivity contribution in [1.29, 1.82) is 0 Å². The van der Waals surface area contributed by atoms with Crippen LogP contribution in [0.2, 0.25) is 0 Å². The summed E-state index contributed by atoms with van der Waals surface area (Å²) in [5.41, 5.74) is 0.576. The summed E-state index contributed by atoms with van der Waals surface area (Å²) in [5, 5.41) is 0.529. The third kappa shape index (κ3) is 1.97. The molecule has 8 atom stereocenters. The van der Waals surface area contributed by atoms with Crippen LogP contribution in [0.5, 0.6) is 0 Å². The Morgan fingerprint density at radius 3 is 2.64 bits per heavy atom. The lowest BCUT2D eigenvalue weighted by atomic mass is 9.44. The lowest BCUT2D eigenvalue weighted by Crippen LogP contribution is -2.62. The normalized spacial score (nSPS) is 56.9. The first kappa shape index (κ1) is 17.2. The quantitative estimate of drug-likeness (QED) is 0.580. The van der Waals surface area contributed by atoms with E-state index in [9.17, 15) is 9.59 Å². The summed E-state index contributed by atoms with van der Waals surface area (Å²) in [6.07, 6.45) is 9.02. The number of carbonyl (C=O) groups excluding carboxylic acids is 2. The maximum absolute atomic E-state index is 12.4. The van der Waals surface area contributed by atoms with Crippen molar-refractivity contribution in [2.45, 2.75) is 82.1 Å². The molecular formula is C21H30O2S2. The molecule has 138 valence electrons. The predicted octanol–water partition coefficient (Wildman–Crippen LogP) is 5.30. The van der Waals surface area contributed by atoms with Crippen LogP contribution >= 0.6 is 21.6 Å². The van der Waals surface area contributed by atoms with Crippen molar-refractivity contribution in [3.8, 4) is 0 Å². The van der Waals surface area contributed by atoms with E-state index >= 15 is 0 Å². The van der Waals surface area contributed by atoms with Gasteiger partial charge in [0.15, 0.2) is 0 Å². The van der Waals surface area contributed by atoms with Gasteiger partial charge in [0.1, 0.15) is 11.6 Å². The van der Waals surface area contributed by atoms with E-state index in [1.165, 1.54) is 32.1 Å². The molecule has 0 aromatic carbocycles. The van der Waals surface area contributed by atoms with E-state index in [0.29, 0.717) is 28.1 Å². The van der Waals surface area contributed by atoms with Gasteiger partial charge in [-0.25, -0.2) is 0 Å². The highest BCUT2D eigenvalue weighted by Crippen LogP contribution is 2.77. The number of carbonyl (C=O) groups is 2. The summed E-state index contributed by atoms with van der Waals surface area (Å²) in [5.74, 6) is 3.53. The van der Waals surface area contributed by atoms with Crippen molar-refractivity contribution in [3.63, 3.8) is 0 Å². The molecule has 5 rings (SSSR count). The van der Waals surface area contributed by atoms with Gasteiger partial charge < -0.3 is 0 Å². The minimum atomic E-state index is 0.213. The summed E-state index contributed by atoms with van der Waals surface area (Å²) >= 11 is 0. The molecule has 2 bridgehead atoms. The first-order valence-corrected chi connectivity index (χ1v) is 12.4. The third-order valence-corrected chi connectivity index (χ3v) is 13.5. The summed E-state index contributed by atoms with van der Waals surface area (Å²) in [6, 6.07) is 0. The molecule has 5 aliphatic rings. The molecule has 25 heavy (non-hydrogen) atoms. The number of rotatable bonds is 1. The van der Waals surface area contributed by atoms with E-state index in [1.54, 1.807) is 0 Å². The Hall–Kier alpha value is 0.0400. The smallest absolute Gasteiger partial charge is 0.135 e. The fraction of sp³-hybridized carbons (Fsp3) is 0.905. The van der Waals surface area contributed by atoms with Crippen molar-refractivity contribution in [1.82, 2.24) is 0 Å². The van der Waals surface area contributed by atoms with Crippen LogP contribution in [0.15, 0.2) is 0 Å². The molecule has 1 aliphatic heterocycles. The van der Waals surface area contributed by atoms with Crippen LogP contribution in [-0.2, 0) is 9.59 Å². The van der Waals surface area contributed by atoms with E-state index in [2.05, 4.69) is 24.6 Å². The fourth-order valence-electron chi connectivity index (χ4n) is 8.17. The molecule has 4 aliphatic carbocycles. The van der Waals surface area contributed by atoms with Crippen LogP contribution in [0.3, 0.4) is 0 Å². The van der Waals surface area contributed by atoms with Crippen LogP contribution in [0.25, 0.3) is 0 Å². The Kier molecular flexibility index (Phi) is 3.64. The molecule has 0 aromatic heterocycles. The molecule has 1 heterocycles. The molecule has 4 heteroatoms. The fourth-order valence-corrected chi connectivity index (χ4v) is 13.0. The second-order valence-electron chi connectivity index (χ2n) is 10.1. The Morgan fingerprint density at radius 2 is 1.88 bits per heavy atom. The van der Waals surface area contributed by atoms with Crippen LogP contribution < -0.4 is 0 Å². The lowest BCUT2D eigenvalue weighted by molar-refractivity contribution is -0.137. The minimum Gasteiger partial charge on any atom is -0.300 e. The molecular weight excluding hydrogens is 348 g/mol. The zero-order valence-electron chi connectivity index (χ0n) is 15.7. The second-order valence-corrected chi connectivity index (χ2v) is 12.9. The van der Waals surface area contributed by atoms with E-state index in [4.69, 9.17) is 0 Å². The molecule has 0 spiro atoms. The highest BCUT2D eigenvalue weighted by atomic mass is 33.1. The summed E-state index contributed by atoms with van der Waals surface area (Å²) < 4.78 is 0.213. The van der Waals surface area contributed by atoms with E-state index in [1.807, 2.05) is 17.7 Å². The maximum atomic E-state index is 12.4. The van der Waals surface area contributed by atoms with Gasteiger partial charge in [-0.1, -0.05) is 35.4 Å². The monoisotopic (exact) mass is 378 g/mol. The van der Waals surface area contributed by atoms with Gasteiger partial charge in [-0.3, -0.25) is 9.59 Å². The number of Topliss-reactive ketones (excluding diaryl/α,β-unsaturated/α-hetero) is 2. The Balaban J connectivity index is 1.52. The first-order valence-electron chi connectivity index (χ1n) is 10.2. The van der Waals surface area contributed by atoms with Crippen molar-refractivity contribution < 1.29 is 9.59 Å². The van der Waals surface area contributed by atoms with Gasteiger partial charge in [-0.15, -0.1) is 0 Å². The van der Waals surface area contributed by atoms with Gasteiger partial charge in [0.05, 0.1) is 0 Å². The zero-order chi connectivity index (χ0) is 17.6. The molecule has 0 aromatic rings. The number of fused-ring (bicyclic) bond motifs is 3. The molecule has 2 unspecified atom stereocenters. The van der Waals surface area contributed by atoms with Crippen LogP contribution in [0.1, 0.15) is 72.1 Å². The van der Waals surface area contributed by atoms with E-state index < -0.39 is 0 Å². The van der Waals surface area contributed by atoms with E-state index in [0.717, 1.165) is 37.0 Å². The third-order valence-electron chi connectivity index (χ3n) is 9.45. The first-order chi connectivity index (χ1) is 11.8. The van der Waals surface area contributed by atoms with Gasteiger partial charge >= 0.3 is 0 Å². The lowest BCUT2D eigenvalue weighted by Gasteiger charge is -2.63. The molecule has 5 fully saturated rings. The van der Waals surface area contributed by atoms with Gasteiger partial charge in [0.25, 0.3) is 0 Å². The van der Waals surface area contributed by atoms with Crippen molar-refractivity contribution >= 4 is 33.2 Å². The Labute approximate surface area is 159 Å². The Bertz CT molecular complexity index is 648. The largest absolute Gasteiger partial charge is 0.300 e. The molecule has 0 amide bonds.